The maximum Gasteiger partial charge on any atom is 0.344 e. The topological polar surface area (TPSA) is 68.3 Å². The summed E-state index contributed by atoms with van der Waals surface area (Å²) in [5.74, 6) is 0. The third kappa shape index (κ3) is 2.60. The summed E-state index contributed by atoms with van der Waals surface area (Å²) in [4.78, 5) is 12.2. The summed E-state index contributed by atoms with van der Waals surface area (Å²) in [5, 5.41) is 4.09. The van der Waals surface area contributed by atoms with E-state index in [4.69, 9.17) is 10.2 Å². The summed E-state index contributed by atoms with van der Waals surface area (Å²) in [7, 11) is 0. The van der Waals surface area contributed by atoms with Gasteiger partial charge in [0.2, 0.25) is 0 Å². The Morgan fingerprint density at radius 2 is 1.86 bits per heavy atom. The van der Waals surface area contributed by atoms with Crippen LogP contribution in [-0.2, 0) is 0 Å². The van der Waals surface area contributed by atoms with Crippen LogP contribution in [0.5, 0.6) is 0 Å². The highest BCUT2D eigenvalue weighted by atomic mass is 16.4. The fraction of sp³-hybridized carbons (Fsp3) is 0.118. The number of nitrogens with two attached hydrogens (primary N) is 1. The number of rotatable bonds is 3. The molecular formula is C17H16N2O2. The van der Waals surface area contributed by atoms with Crippen molar-refractivity contribution in [1.29, 1.82) is 0 Å². The predicted molar refractivity (Wildman–Crippen MR) is 86.5 cm³/mol. The van der Waals surface area contributed by atoms with Gasteiger partial charge in [0, 0.05) is 29.4 Å². The van der Waals surface area contributed by atoms with Gasteiger partial charge in [-0.1, -0.05) is 12.1 Å². The van der Waals surface area contributed by atoms with Gasteiger partial charge in [0.05, 0.1) is 5.56 Å². The zero-order valence-corrected chi connectivity index (χ0v) is 11.7. The first kappa shape index (κ1) is 13.2. The lowest BCUT2D eigenvalue weighted by Crippen LogP contribution is -2.03. The van der Waals surface area contributed by atoms with Crippen molar-refractivity contribution >= 4 is 22.3 Å². The van der Waals surface area contributed by atoms with E-state index < -0.39 is 0 Å². The molecule has 4 heteroatoms. The van der Waals surface area contributed by atoms with Gasteiger partial charge < -0.3 is 15.5 Å². The van der Waals surface area contributed by atoms with Gasteiger partial charge in [-0.15, -0.1) is 0 Å². The molecule has 0 amide bonds. The average Bonchev–Trinajstić information content (AvgIpc) is 2.48. The monoisotopic (exact) mass is 280 g/mol. The number of benzene rings is 2. The van der Waals surface area contributed by atoms with E-state index in [1.807, 2.05) is 43.3 Å². The first-order chi connectivity index (χ1) is 10.2. The minimum Gasteiger partial charge on any atom is -0.422 e. The Labute approximate surface area is 122 Å². The quantitative estimate of drug-likeness (QED) is 0.569. The fourth-order valence-corrected chi connectivity index (χ4v) is 2.29. The van der Waals surface area contributed by atoms with Crippen LogP contribution in [0.25, 0.3) is 22.1 Å². The number of hydrogen-bond donors (Lipinski definition) is 2. The molecule has 0 bridgehead atoms. The second kappa shape index (κ2) is 5.32. The molecule has 0 aliphatic heterocycles. The van der Waals surface area contributed by atoms with Crippen LogP contribution in [0, 0.1) is 0 Å². The summed E-state index contributed by atoms with van der Waals surface area (Å²) < 4.78 is 5.44. The van der Waals surface area contributed by atoms with Crippen LogP contribution in [0.1, 0.15) is 6.92 Å². The number of fused-ring (bicyclic) bond motifs is 1. The van der Waals surface area contributed by atoms with Crippen LogP contribution in [0.3, 0.4) is 0 Å². The third-order valence-electron chi connectivity index (χ3n) is 3.34. The zero-order chi connectivity index (χ0) is 14.8. The Balaban J connectivity index is 2.13. The molecule has 3 aromatic rings. The molecule has 0 saturated carbocycles. The lowest BCUT2D eigenvalue weighted by molar-refractivity contribution is 0.563. The van der Waals surface area contributed by atoms with Crippen molar-refractivity contribution in [3.8, 4) is 11.1 Å². The molecule has 0 fully saturated rings. The molecule has 0 spiro atoms. The van der Waals surface area contributed by atoms with E-state index >= 15 is 0 Å². The fourth-order valence-electron chi connectivity index (χ4n) is 2.29. The molecule has 0 aliphatic carbocycles. The molecule has 3 rings (SSSR count). The summed E-state index contributed by atoms with van der Waals surface area (Å²) in [6, 6.07) is 14.8. The van der Waals surface area contributed by atoms with Gasteiger partial charge in [-0.05, 0) is 42.8 Å². The highest BCUT2D eigenvalue weighted by Crippen LogP contribution is 2.24. The van der Waals surface area contributed by atoms with E-state index in [0.29, 0.717) is 16.8 Å². The molecule has 1 heterocycles. The molecule has 2 aromatic carbocycles. The zero-order valence-electron chi connectivity index (χ0n) is 11.7. The van der Waals surface area contributed by atoms with Crippen LogP contribution in [0.2, 0.25) is 0 Å². The van der Waals surface area contributed by atoms with E-state index in [9.17, 15) is 4.79 Å². The summed E-state index contributed by atoms with van der Waals surface area (Å²) in [6.45, 7) is 2.84. The lowest BCUT2D eigenvalue weighted by atomic mass is 10.1. The van der Waals surface area contributed by atoms with Gasteiger partial charge in [-0.25, -0.2) is 4.79 Å². The molecule has 0 saturated heterocycles. The molecule has 0 radical (unpaired) electrons. The van der Waals surface area contributed by atoms with Crippen molar-refractivity contribution in [1.82, 2.24) is 0 Å². The van der Waals surface area contributed by atoms with Crippen molar-refractivity contribution < 1.29 is 4.42 Å². The van der Waals surface area contributed by atoms with Crippen molar-refractivity contribution in [2.45, 2.75) is 6.92 Å². The molecule has 0 aliphatic rings. The summed E-state index contributed by atoms with van der Waals surface area (Å²) >= 11 is 0. The molecular weight excluding hydrogens is 264 g/mol. The Kier molecular flexibility index (Phi) is 3.36. The smallest absolute Gasteiger partial charge is 0.344 e. The number of nitrogen functional groups attached to an aromatic ring is 1. The van der Waals surface area contributed by atoms with E-state index in [2.05, 4.69) is 5.32 Å². The van der Waals surface area contributed by atoms with Crippen molar-refractivity contribution in [2.24, 2.45) is 0 Å². The van der Waals surface area contributed by atoms with Gasteiger partial charge >= 0.3 is 5.63 Å². The SMILES string of the molecule is CCNc1ccc2cc(-c3ccc(N)cc3)c(=O)oc2c1. The molecule has 4 nitrogen and oxygen atoms in total. The van der Waals surface area contributed by atoms with E-state index in [0.717, 1.165) is 23.2 Å². The minimum atomic E-state index is -0.346. The Morgan fingerprint density at radius 1 is 1.10 bits per heavy atom. The Morgan fingerprint density at radius 3 is 2.57 bits per heavy atom. The maximum atomic E-state index is 12.2. The maximum absolute atomic E-state index is 12.2. The van der Waals surface area contributed by atoms with E-state index in [1.165, 1.54) is 0 Å². The first-order valence-electron chi connectivity index (χ1n) is 6.85. The largest absolute Gasteiger partial charge is 0.422 e. The standard InChI is InChI=1S/C17H16N2O2/c1-2-19-14-8-5-12-9-15(17(20)21-16(12)10-14)11-3-6-13(18)7-4-11/h3-10,19H,2,18H2,1H3. The summed E-state index contributed by atoms with van der Waals surface area (Å²) in [6.07, 6.45) is 0. The number of nitrogens with one attached hydrogen (secondary N) is 1. The second-order valence-corrected chi connectivity index (χ2v) is 4.85. The van der Waals surface area contributed by atoms with Gasteiger partial charge in [0.1, 0.15) is 5.58 Å². The molecule has 106 valence electrons. The van der Waals surface area contributed by atoms with Crippen molar-refractivity contribution in [3.05, 3.63) is 59.0 Å². The Hall–Kier alpha value is -2.75. The highest BCUT2D eigenvalue weighted by Gasteiger charge is 2.08. The van der Waals surface area contributed by atoms with Gasteiger partial charge in [0.15, 0.2) is 0 Å². The molecule has 0 atom stereocenters. The van der Waals surface area contributed by atoms with Gasteiger partial charge in [0.25, 0.3) is 0 Å². The van der Waals surface area contributed by atoms with E-state index in [-0.39, 0.29) is 5.63 Å². The van der Waals surface area contributed by atoms with Crippen LogP contribution in [0.15, 0.2) is 57.7 Å². The highest BCUT2D eigenvalue weighted by molar-refractivity contribution is 5.84. The van der Waals surface area contributed by atoms with Crippen molar-refractivity contribution in [3.63, 3.8) is 0 Å². The van der Waals surface area contributed by atoms with Crippen LogP contribution in [-0.4, -0.2) is 6.54 Å². The minimum absolute atomic E-state index is 0.346. The van der Waals surface area contributed by atoms with Crippen LogP contribution >= 0.6 is 0 Å². The van der Waals surface area contributed by atoms with Gasteiger partial charge in [-0.2, -0.15) is 0 Å². The van der Waals surface area contributed by atoms with Gasteiger partial charge in [-0.3, -0.25) is 0 Å². The molecule has 21 heavy (non-hydrogen) atoms. The summed E-state index contributed by atoms with van der Waals surface area (Å²) in [5.41, 5.74) is 8.85. The van der Waals surface area contributed by atoms with Crippen LogP contribution in [0.4, 0.5) is 11.4 Å². The Bertz CT molecular complexity index is 836. The lowest BCUT2D eigenvalue weighted by Gasteiger charge is -2.06. The predicted octanol–water partition coefficient (Wildman–Crippen LogP) is 3.47. The molecule has 3 N–H and O–H groups in total. The van der Waals surface area contributed by atoms with E-state index in [1.54, 1.807) is 12.1 Å². The average molecular weight is 280 g/mol. The normalized spacial score (nSPS) is 10.7. The third-order valence-corrected chi connectivity index (χ3v) is 3.34. The van der Waals surface area contributed by atoms with Crippen molar-refractivity contribution in [2.75, 3.05) is 17.6 Å². The first-order valence-corrected chi connectivity index (χ1v) is 6.85. The number of hydrogen-bond acceptors (Lipinski definition) is 4. The van der Waals surface area contributed by atoms with Crippen LogP contribution < -0.4 is 16.7 Å². The second-order valence-electron chi connectivity index (χ2n) is 4.85. The molecule has 0 unspecified atom stereocenters. The molecule has 1 aromatic heterocycles. The number of anilines is 2.